The number of aromatic nitrogens is 4. The standard InChI is InChI=1S/C47H27N4O.Pt/c52-43-26-33-18-17-29-12-8-13-30-19-22-37(46(33)45(29)30)47(43)40-24-34(28-9-2-1-3-10-28)23-39(48-40)32-20-21-36-35-14-5-7-16-41(35)51(42(36)25-32)44-27-31-11-4-6-15-38(31)49-50-44;/h1-24,26-27,52H;/q-1;. The van der Waals surface area contributed by atoms with Gasteiger partial charge in [0.2, 0.25) is 0 Å². The van der Waals surface area contributed by atoms with E-state index in [4.69, 9.17) is 4.98 Å². The quantitative estimate of drug-likeness (QED) is 0.141. The van der Waals surface area contributed by atoms with Crippen molar-refractivity contribution in [1.82, 2.24) is 19.7 Å². The fourth-order valence-electron chi connectivity index (χ4n) is 8.02. The molecule has 0 amide bonds. The molecule has 8 aromatic carbocycles. The van der Waals surface area contributed by atoms with Gasteiger partial charge in [-0.3, -0.25) is 4.98 Å². The third kappa shape index (κ3) is 4.85. The molecule has 0 saturated heterocycles. The first kappa shape index (κ1) is 31.3. The van der Waals surface area contributed by atoms with Gasteiger partial charge in [-0.15, -0.1) is 34.0 Å². The van der Waals surface area contributed by atoms with Gasteiger partial charge in [-0.2, -0.15) is 0 Å². The molecule has 1 N–H and O–H groups in total. The van der Waals surface area contributed by atoms with Crippen molar-refractivity contribution in [3.63, 3.8) is 0 Å². The van der Waals surface area contributed by atoms with E-state index in [9.17, 15) is 5.11 Å². The van der Waals surface area contributed by atoms with Crippen LogP contribution in [0.15, 0.2) is 158 Å². The number of hydrogen-bond donors (Lipinski definition) is 1. The molecule has 0 aliphatic heterocycles. The van der Waals surface area contributed by atoms with Crippen LogP contribution in [-0.4, -0.2) is 24.9 Å². The molecule has 3 aromatic heterocycles. The second-order valence-corrected chi connectivity index (χ2v) is 13.4. The van der Waals surface area contributed by atoms with Crippen molar-refractivity contribution in [2.24, 2.45) is 0 Å². The zero-order chi connectivity index (χ0) is 34.3. The van der Waals surface area contributed by atoms with Gasteiger partial charge < -0.3 is 9.67 Å². The van der Waals surface area contributed by atoms with Gasteiger partial charge in [-0.25, -0.2) is 0 Å². The molecule has 5 nitrogen and oxygen atoms in total. The molecule has 3 heterocycles. The molecule has 0 spiro atoms. The predicted octanol–water partition coefficient (Wildman–Crippen LogP) is 11.5. The molecule has 0 fully saturated rings. The van der Waals surface area contributed by atoms with E-state index in [1.807, 2.05) is 48.5 Å². The summed E-state index contributed by atoms with van der Waals surface area (Å²) in [6, 6.07) is 57.8. The minimum absolute atomic E-state index is 0. The van der Waals surface area contributed by atoms with E-state index in [1.54, 1.807) is 0 Å². The maximum atomic E-state index is 11.8. The van der Waals surface area contributed by atoms with Crippen molar-refractivity contribution in [2.45, 2.75) is 0 Å². The van der Waals surface area contributed by atoms with E-state index in [-0.39, 0.29) is 26.8 Å². The number of phenolic OH excluding ortho intramolecular Hbond substituents is 1. The van der Waals surface area contributed by atoms with Crippen LogP contribution in [0, 0.1) is 6.07 Å². The molecule has 6 heteroatoms. The van der Waals surface area contributed by atoms with Crippen molar-refractivity contribution in [3.8, 4) is 45.2 Å². The van der Waals surface area contributed by atoms with Crippen molar-refractivity contribution >= 4 is 65.0 Å². The number of nitrogens with zero attached hydrogens (tertiary/aromatic N) is 4. The Kier molecular flexibility index (Phi) is 7.14. The normalized spacial score (nSPS) is 11.7. The van der Waals surface area contributed by atoms with Crippen molar-refractivity contribution < 1.29 is 26.2 Å². The van der Waals surface area contributed by atoms with Gasteiger partial charge in [0, 0.05) is 37.5 Å². The zero-order valence-corrected chi connectivity index (χ0v) is 30.3. The molecule has 0 saturated carbocycles. The Labute approximate surface area is 318 Å². The van der Waals surface area contributed by atoms with Gasteiger partial charge in [-0.1, -0.05) is 121 Å². The first-order valence-corrected chi connectivity index (χ1v) is 17.3. The largest absolute Gasteiger partial charge is 0.507 e. The van der Waals surface area contributed by atoms with E-state index in [2.05, 4.69) is 130 Å². The molecule has 0 aliphatic carbocycles. The number of pyridine rings is 1. The van der Waals surface area contributed by atoms with Crippen LogP contribution >= 0.6 is 0 Å². The molecule has 0 radical (unpaired) electrons. The van der Waals surface area contributed by atoms with Gasteiger partial charge >= 0.3 is 0 Å². The molecule has 0 atom stereocenters. The van der Waals surface area contributed by atoms with Crippen LogP contribution in [0.5, 0.6) is 5.75 Å². The molecule has 0 aliphatic rings. The second-order valence-electron chi connectivity index (χ2n) is 13.4. The number of fused-ring (bicyclic) bond motifs is 4. The summed E-state index contributed by atoms with van der Waals surface area (Å²) in [6.45, 7) is 0. The Morgan fingerprint density at radius 1 is 0.509 bits per heavy atom. The molecule has 0 bridgehead atoms. The van der Waals surface area contributed by atoms with Crippen LogP contribution in [-0.2, 0) is 21.1 Å². The van der Waals surface area contributed by atoms with E-state index in [1.165, 1.54) is 16.2 Å². The Morgan fingerprint density at radius 3 is 2.11 bits per heavy atom. The van der Waals surface area contributed by atoms with Gasteiger partial charge in [0.05, 0.1) is 11.2 Å². The second kappa shape index (κ2) is 12.1. The molecule has 53 heavy (non-hydrogen) atoms. The monoisotopic (exact) mass is 858 g/mol. The minimum atomic E-state index is 0. The molecule has 0 unspecified atom stereocenters. The number of phenols is 1. The molecular formula is C47H27N4OPt-. The first-order valence-electron chi connectivity index (χ1n) is 17.3. The van der Waals surface area contributed by atoms with Gasteiger partial charge in [0.1, 0.15) is 5.75 Å². The third-order valence-corrected chi connectivity index (χ3v) is 10.4. The molecule has 11 aromatic rings. The van der Waals surface area contributed by atoms with Crippen LogP contribution < -0.4 is 0 Å². The van der Waals surface area contributed by atoms with Crippen LogP contribution in [0.4, 0.5) is 0 Å². The molecule has 252 valence electrons. The van der Waals surface area contributed by atoms with E-state index < -0.39 is 0 Å². The van der Waals surface area contributed by atoms with E-state index in [0.29, 0.717) is 11.3 Å². The van der Waals surface area contributed by atoms with Crippen LogP contribution in [0.2, 0.25) is 0 Å². The number of hydrogen-bond acceptors (Lipinski definition) is 4. The molecular weight excluding hydrogens is 832 g/mol. The summed E-state index contributed by atoms with van der Waals surface area (Å²) in [6.07, 6.45) is 0. The summed E-state index contributed by atoms with van der Waals surface area (Å²) in [5.74, 6) is 0.924. The predicted molar refractivity (Wildman–Crippen MR) is 212 cm³/mol. The fourth-order valence-corrected chi connectivity index (χ4v) is 8.02. The summed E-state index contributed by atoms with van der Waals surface area (Å²) in [5, 5.41) is 30.8. The van der Waals surface area contributed by atoms with E-state index in [0.717, 1.165) is 77.1 Å². The Balaban J connectivity index is 0.00000349. The third-order valence-electron chi connectivity index (χ3n) is 10.4. The maximum Gasteiger partial charge on any atom is 0.159 e. The van der Waals surface area contributed by atoms with Crippen molar-refractivity contribution in [2.75, 3.05) is 0 Å². The summed E-state index contributed by atoms with van der Waals surface area (Å²) >= 11 is 0. The summed E-state index contributed by atoms with van der Waals surface area (Å²) < 4.78 is 2.14. The summed E-state index contributed by atoms with van der Waals surface area (Å²) in [7, 11) is 0. The Bertz CT molecular complexity index is 3190. The average Bonchev–Trinajstić information content (AvgIpc) is 3.53. The van der Waals surface area contributed by atoms with Crippen LogP contribution in [0.25, 0.3) is 104 Å². The number of rotatable bonds is 4. The van der Waals surface area contributed by atoms with Crippen molar-refractivity contribution in [3.05, 3.63) is 164 Å². The van der Waals surface area contributed by atoms with Gasteiger partial charge in [0.15, 0.2) is 5.82 Å². The van der Waals surface area contributed by atoms with Crippen LogP contribution in [0.1, 0.15) is 0 Å². The van der Waals surface area contributed by atoms with Crippen molar-refractivity contribution in [1.29, 1.82) is 0 Å². The Hall–Kier alpha value is -6.42. The number of benzene rings is 8. The SMILES string of the molecule is Oc1cc2ccc3cccc4ccc(c1-c1cc(-c5ccccc5)cc(-c5[c-]c6c(cc5)c5ccccc5n6-c5cc6ccccc6nn5)n1)c2c34.[Pt]. The van der Waals surface area contributed by atoms with Gasteiger partial charge in [0.25, 0.3) is 0 Å². The number of para-hydroxylation sites is 1. The van der Waals surface area contributed by atoms with E-state index >= 15 is 0 Å². The fraction of sp³-hybridized carbons (Fsp3) is 0. The average molecular weight is 859 g/mol. The first-order chi connectivity index (χ1) is 25.7. The topological polar surface area (TPSA) is 63.8 Å². The number of aromatic hydroxyl groups is 1. The summed E-state index contributed by atoms with van der Waals surface area (Å²) in [4.78, 5) is 5.32. The molecule has 11 rings (SSSR count). The maximum absolute atomic E-state index is 11.8. The minimum Gasteiger partial charge on any atom is -0.507 e. The van der Waals surface area contributed by atoms with Crippen LogP contribution in [0.3, 0.4) is 0 Å². The Morgan fingerprint density at radius 2 is 1.23 bits per heavy atom. The van der Waals surface area contributed by atoms with Gasteiger partial charge in [-0.05, 0) is 90.4 Å². The zero-order valence-electron chi connectivity index (χ0n) is 28.1. The summed E-state index contributed by atoms with van der Waals surface area (Å²) in [5.41, 5.74) is 7.83. The smallest absolute Gasteiger partial charge is 0.159 e.